The summed E-state index contributed by atoms with van der Waals surface area (Å²) in [5.74, 6) is -0.864. The van der Waals surface area contributed by atoms with Gasteiger partial charge in [-0.15, -0.1) is 0 Å². The molecule has 0 aromatic rings. The summed E-state index contributed by atoms with van der Waals surface area (Å²) in [7, 11) is 0. The number of hydrogen-bond donors (Lipinski definition) is 0. The van der Waals surface area contributed by atoms with Gasteiger partial charge in [-0.05, 0) is 83.5 Å². The normalized spacial score (nSPS) is 12.3. The molecule has 6 heteroatoms. The second-order valence-electron chi connectivity index (χ2n) is 21.7. The second kappa shape index (κ2) is 61.9. The predicted molar refractivity (Wildman–Crippen MR) is 316 cm³/mol. The molecule has 0 amide bonds. The highest BCUT2D eigenvalue weighted by Crippen LogP contribution is 2.17. The van der Waals surface area contributed by atoms with Crippen molar-refractivity contribution in [2.24, 2.45) is 0 Å². The van der Waals surface area contributed by atoms with Gasteiger partial charge in [0.15, 0.2) is 6.10 Å². The van der Waals surface area contributed by atoms with Crippen LogP contribution in [0.2, 0.25) is 0 Å². The van der Waals surface area contributed by atoms with E-state index < -0.39 is 6.10 Å². The summed E-state index contributed by atoms with van der Waals surface area (Å²) in [5, 5.41) is 0. The third-order valence-electron chi connectivity index (χ3n) is 14.3. The molecule has 0 bridgehead atoms. The maximum Gasteiger partial charge on any atom is 0.306 e. The lowest BCUT2D eigenvalue weighted by molar-refractivity contribution is -0.167. The molecule has 0 heterocycles. The van der Waals surface area contributed by atoms with Crippen molar-refractivity contribution in [2.75, 3.05) is 13.2 Å². The maximum atomic E-state index is 12.9. The monoisotopic (exact) mass is 1020 g/mol. The van der Waals surface area contributed by atoms with Crippen LogP contribution in [0.5, 0.6) is 0 Å². The zero-order valence-electron chi connectivity index (χ0n) is 48.9. The molecule has 0 rings (SSSR count). The summed E-state index contributed by atoms with van der Waals surface area (Å²) in [4.78, 5) is 38.3. The third-order valence-corrected chi connectivity index (χ3v) is 14.3. The first kappa shape index (κ1) is 70.4. The summed E-state index contributed by atoms with van der Waals surface area (Å²) in [6.07, 6.45) is 76.8. The molecule has 0 aliphatic heterocycles. The molecule has 0 N–H and O–H groups in total. The van der Waals surface area contributed by atoms with Crippen molar-refractivity contribution in [1.82, 2.24) is 0 Å². The van der Waals surface area contributed by atoms with Crippen LogP contribution in [0.4, 0.5) is 0 Å². The van der Waals surface area contributed by atoms with E-state index in [1.165, 1.54) is 225 Å². The maximum absolute atomic E-state index is 12.9. The lowest BCUT2D eigenvalue weighted by atomic mass is 10.0. The highest BCUT2D eigenvalue weighted by Gasteiger charge is 2.19. The quantitative estimate of drug-likeness (QED) is 0.0261. The van der Waals surface area contributed by atoms with Gasteiger partial charge in [0.25, 0.3) is 0 Å². The van der Waals surface area contributed by atoms with Crippen LogP contribution in [0.15, 0.2) is 48.6 Å². The SMILES string of the molecule is CCCCC/C=C\C/C=C\CCCCCCCCCCCC(=O)OC[C@@H](COC(=O)CCCCCCCCC/C=C\C/C=C\CCCCC)OC(=O)CCCCCCCCCCCCCCCCCCCCC. The van der Waals surface area contributed by atoms with Crippen LogP contribution in [-0.2, 0) is 28.6 Å². The fraction of sp³-hybridized carbons (Fsp3) is 0.836. The number of allylic oxidation sites excluding steroid dienone is 8. The summed E-state index contributed by atoms with van der Waals surface area (Å²) in [6.45, 7) is 6.64. The Balaban J connectivity index is 4.35. The molecule has 0 spiro atoms. The summed E-state index contributed by atoms with van der Waals surface area (Å²) in [5.41, 5.74) is 0. The molecule has 0 aliphatic carbocycles. The van der Waals surface area contributed by atoms with Crippen LogP contribution in [0.3, 0.4) is 0 Å². The smallest absolute Gasteiger partial charge is 0.306 e. The number of hydrogen-bond acceptors (Lipinski definition) is 6. The van der Waals surface area contributed by atoms with E-state index in [0.29, 0.717) is 19.3 Å². The minimum atomic E-state index is -0.777. The Hall–Kier alpha value is -2.63. The molecule has 0 radical (unpaired) electrons. The lowest BCUT2D eigenvalue weighted by Gasteiger charge is -2.18. The van der Waals surface area contributed by atoms with Gasteiger partial charge in [-0.2, -0.15) is 0 Å². The predicted octanol–water partition coefficient (Wildman–Crippen LogP) is 21.8. The largest absolute Gasteiger partial charge is 0.462 e. The van der Waals surface area contributed by atoms with Crippen LogP contribution >= 0.6 is 0 Å². The molecular formula is C67H122O6. The fourth-order valence-corrected chi connectivity index (χ4v) is 9.45. The summed E-state index contributed by atoms with van der Waals surface area (Å²) < 4.78 is 17.0. The van der Waals surface area contributed by atoms with Gasteiger partial charge in [-0.1, -0.05) is 288 Å². The molecule has 73 heavy (non-hydrogen) atoms. The Kier molecular flexibility index (Phi) is 59.7. The minimum absolute atomic E-state index is 0.0744. The Morgan fingerprint density at radius 2 is 0.493 bits per heavy atom. The van der Waals surface area contributed by atoms with Gasteiger partial charge < -0.3 is 14.2 Å². The number of esters is 3. The standard InChI is InChI=1S/C67H122O6/c1-4-7-10-13-16-19-22-25-28-31-33-36-39-42-45-48-51-54-57-60-66(69)72-63-64(62-71-65(68)59-56-53-50-47-44-41-38-35-30-27-24-21-18-15-12-9-6-3)73-67(70)61-58-55-52-49-46-43-40-37-34-32-29-26-23-20-17-14-11-8-5-2/h16,18-19,21,25,27-28,30,64H,4-15,17,20,22-24,26,29,31-63H2,1-3H3/b19-16-,21-18-,28-25-,30-27-/t64-/m1/s1. The number of carbonyl (C=O) groups excluding carboxylic acids is 3. The highest BCUT2D eigenvalue weighted by molar-refractivity contribution is 5.71. The van der Waals surface area contributed by atoms with Gasteiger partial charge in [-0.3, -0.25) is 14.4 Å². The number of unbranched alkanes of at least 4 members (excludes halogenated alkanes) is 40. The fourth-order valence-electron chi connectivity index (χ4n) is 9.45. The molecule has 0 unspecified atom stereocenters. The second-order valence-corrected chi connectivity index (χ2v) is 21.7. The van der Waals surface area contributed by atoms with E-state index in [0.717, 1.165) is 77.0 Å². The van der Waals surface area contributed by atoms with E-state index in [-0.39, 0.29) is 31.1 Å². The molecule has 0 aromatic heterocycles. The van der Waals surface area contributed by atoms with Crippen molar-refractivity contribution >= 4 is 17.9 Å². The van der Waals surface area contributed by atoms with Crippen LogP contribution in [-0.4, -0.2) is 37.2 Å². The molecule has 0 aromatic carbocycles. The minimum Gasteiger partial charge on any atom is -0.462 e. The molecule has 0 saturated carbocycles. The van der Waals surface area contributed by atoms with Crippen LogP contribution in [0.25, 0.3) is 0 Å². The van der Waals surface area contributed by atoms with E-state index in [9.17, 15) is 14.4 Å². The van der Waals surface area contributed by atoms with Crippen molar-refractivity contribution in [1.29, 1.82) is 0 Å². The lowest BCUT2D eigenvalue weighted by Crippen LogP contribution is -2.30. The molecule has 0 saturated heterocycles. The van der Waals surface area contributed by atoms with E-state index in [4.69, 9.17) is 14.2 Å². The Bertz CT molecular complexity index is 1270. The van der Waals surface area contributed by atoms with E-state index in [1.54, 1.807) is 0 Å². The Morgan fingerprint density at radius 3 is 0.781 bits per heavy atom. The first-order valence-corrected chi connectivity index (χ1v) is 32.1. The molecule has 0 fully saturated rings. The average Bonchev–Trinajstić information content (AvgIpc) is 3.39. The molecular weight excluding hydrogens is 901 g/mol. The van der Waals surface area contributed by atoms with Crippen LogP contribution in [0.1, 0.15) is 342 Å². The first-order chi connectivity index (χ1) is 36.0. The van der Waals surface area contributed by atoms with Crippen molar-refractivity contribution in [2.45, 2.75) is 348 Å². The van der Waals surface area contributed by atoms with Crippen LogP contribution in [0, 0.1) is 0 Å². The third kappa shape index (κ3) is 60.1. The number of carbonyl (C=O) groups is 3. The van der Waals surface area contributed by atoms with E-state index in [1.807, 2.05) is 0 Å². The van der Waals surface area contributed by atoms with Gasteiger partial charge in [0.2, 0.25) is 0 Å². The topological polar surface area (TPSA) is 78.9 Å². The van der Waals surface area contributed by atoms with Gasteiger partial charge in [0.05, 0.1) is 0 Å². The molecule has 0 aliphatic rings. The zero-order valence-corrected chi connectivity index (χ0v) is 48.9. The summed E-state index contributed by atoms with van der Waals surface area (Å²) in [6, 6.07) is 0. The van der Waals surface area contributed by atoms with Gasteiger partial charge in [-0.25, -0.2) is 0 Å². The number of ether oxygens (including phenoxy) is 3. The van der Waals surface area contributed by atoms with Gasteiger partial charge >= 0.3 is 17.9 Å². The summed E-state index contributed by atoms with van der Waals surface area (Å²) >= 11 is 0. The number of rotatable bonds is 59. The molecule has 1 atom stereocenters. The van der Waals surface area contributed by atoms with Gasteiger partial charge in [0, 0.05) is 19.3 Å². The molecule has 426 valence electrons. The Labute approximate surface area is 454 Å². The van der Waals surface area contributed by atoms with Crippen molar-refractivity contribution in [3.05, 3.63) is 48.6 Å². The highest BCUT2D eigenvalue weighted by atomic mass is 16.6. The van der Waals surface area contributed by atoms with Crippen LogP contribution < -0.4 is 0 Å². The molecule has 6 nitrogen and oxygen atoms in total. The van der Waals surface area contributed by atoms with E-state index >= 15 is 0 Å². The first-order valence-electron chi connectivity index (χ1n) is 32.1. The zero-order chi connectivity index (χ0) is 52.9. The van der Waals surface area contributed by atoms with Gasteiger partial charge in [0.1, 0.15) is 13.2 Å². The van der Waals surface area contributed by atoms with Crippen molar-refractivity contribution in [3.8, 4) is 0 Å². The average molecular weight is 1020 g/mol. The van der Waals surface area contributed by atoms with E-state index in [2.05, 4.69) is 69.4 Å². The van der Waals surface area contributed by atoms with Crippen molar-refractivity contribution < 1.29 is 28.6 Å². The van der Waals surface area contributed by atoms with Crippen molar-refractivity contribution in [3.63, 3.8) is 0 Å². The Morgan fingerprint density at radius 1 is 0.274 bits per heavy atom.